The van der Waals surface area contributed by atoms with Crippen molar-refractivity contribution in [3.8, 4) is 0 Å². The summed E-state index contributed by atoms with van der Waals surface area (Å²) in [5.41, 5.74) is 2.72. The van der Waals surface area contributed by atoms with Gasteiger partial charge in [-0.15, -0.1) is 0 Å². The van der Waals surface area contributed by atoms with Gasteiger partial charge < -0.3 is 14.6 Å². The largest absolute Gasteiger partial charge is 0.381 e. The fourth-order valence-electron chi connectivity index (χ4n) is 3.12. The zero-order chi connectivity index (χ0) is 14.1. The second-order valence-corrected chi connectivity index (χ2v) is 5.89. The standard InChI is InChI=1S/C16H19N3O2/c1-2-4-13-9-17-14(8-12(13)3-1)16-18-15(19-21-16)7-11-5-6-20-10-11/h1-4,11,14,17H,5-10H2/t11?,14-/m1/s1. The molecule has 0 spiro atoms. The van der Waals surface area contributed by atoms with E-state index in [-0.39, 0.29) is 6.04 Å². The van der Waals surface area contributed by atoms with Crippen molar-refractivity contribution in [2.75, 3.05) is 13.2 Å². The van der Waals surface area contributed by atoms with Gasteiger partial charge in [-0.3, -0.25) is 0 Å². The highest BCUT2D eigenvalue weighted by Gasteiger charge is 2.25. The van der Waals surface area contributed by atoms with Crippen molar-refractivity contribution in [1.29, 1.82) is 0 Å². The Balaban J connectivity index is 1.46. The molecule has 1 aromatic carbocycles. The van der Waals surface area contributed by atoms with Gasteiger partial charge in [0.25, 0.3) is 0 Å². The van der Waals surface area contributed by atoms with E-state index in [1.165, 1.54) is 11.1 Å². The Labute approximate surface area is 123 Å². The van der Waals surface area contributed by atoms with Crippen LogP contribution in [-0.4, -0.2) is 23.4 Å². The van der Waals surface area contributed by atoms with E-state index in [1.54, 1.807) is 0 Å². The minimum Gasteiger partial charge on any atom is -0.381 e. The molecule has 3 heterocycles. The number of benzene rings is 1. The molecule has 0 aliphatic carbocycles. The Hall–Kier alpha value is -1.72. The van der Waals surface area contributed by atoms with Crippen LogP contribution in [0.5, 0.6) is 0 Å². The maximum absolute atomic E-state index is 5.47. The van der Waals surface area contributed by atoms with Crippen LogP contribution in [0.1, 0.15) is 35.3 Å². The van der Waals surface area contributed by atoms with Crippen molar-refractivity contribution < 1.29 is 9.26 Å². The Morgan fingerprint density at radius 2 is 2.14 bits per heavy atom. The van der Waals surface area contributed by atoms with Crippen LogP contribution in [0.2, 0.25) is 0 Å². The lowest BCUT2D eigenvalue weighted by atomic mass is 9.96. The molecule has 0 bridgehead atoms. The molecule has 4 rings (SSSR count). The summed E-state index contributed by atoms with van der Waals surface area (Å²) in [6.45, 7) is 2.53. The normalized spacial score (nSPS) is 25.0. The minimum absolute atomic E-state index is 0.126. The van der Waals surface area contributed by atoms with E-state index < -0.39 is 0 Å². The fourth-order valence-corrected chi connectivity index (χ4v) is 3.12. The van der Waals surface area contributed by atoms with Crippen molar-refractivity contribution in [2.45, 2.75) is 31.8 Å². The third kappa shape index (κ3) is 2.71. The summed E-state index contributed by atoms with van der Waals surface area (Å²) in [6, 6.07) is 8.63. The summed E-state index contributed by atoms with van der Waals surface area (Å²) >= 11 is 0. The van der Waals surface area contributed by atoms with E-state index in [4.69, 9.17) is 9.26 Å². The predicted molar refractivity (Wildman–Crippen MR) is 76.7 cm³/mol. The average molecular weight is 285 g/mol. The summed E-state index contributed by atoms with van der Waals surface area (Å²) in [7, 11) is 0. The molecule has 1 aromatic heterocycles. The van der Waals surface area contributed by atoms with Gasteiger partial charge in [-0.2, -0.15) is 4.98 Å². The maximum Gasteiger partial charge on any atom is 0.244 e. The van der Waals surface area contributed by atoms with Crippen molar-refractivity contribution in [2.24, 2.45) is 5.92 Å². The monoisotopic (exact) mass is 285 g/mol. The summed E-state index contributed by atoms with van der Waals surface area (Å²) in [6.07, 6.45) is 2.86. The number of ether oxygens (including phenoxy) is 1. The number of hydrogen-bond acceptors (Lipinski definition) is 5. The van der Waals surface area contributed by atoms with Crippen molar-refractivity contribution >= 4 is 0 Å². The maximum atomic E-state index is 5.47. The molecule has 0 radical (unpaired) electrons. The van der Waals surface area contributed by atoms with E-state index in [1.807, 2.05) is 0 Å². The zero-order valence-corrected chi connectivity index (χ0v) is 11.9. The fraction of sp³-hybridized carbons (Fsp3) is 0.500. The molecule has 1 unspecified atom stereocenters. The number of fused-ring (bicyclic) bond motifs is 1. The third-order valence-electron chi connectivity index (χ3n) is 4.36. The van der Waals surface area contributed by atoms with Crippen molar-refractivity contribution in [1.82, 2.24) is 15.5 Å². The summed E-state index contributed by atoms with van der Waals surface area (Å²) in [4.78, 5) is 4.57. The SMILES string of the molecule is c1ccc2c(c1)CN[C@@H](c1nc(CC3CCOC3)no1)C2. The van der Waals surface area contributed by atoms with Crippen LogP contribution >= 0.6 is 0 Å². The molecule has 110 valence electrons. The molecule has 2 aromatic rings. The Bertz CT molecular complexity index is 619. The van der Waals surface area contributed by atoms with Gasteiger partial charge in [0, 0.05) is 26.2 Å². The molecule has 5 heteroatoms. The molecule has 1 saturated heterocycles. The highest BCUT2D eigenvalue weighted by atomic mass is 16.5. The molecule has 1 fully saturated rings. The topological polar surface area (TPSA) is 60.2 Å². The zero-order valence-electron chi connectivity index (χ0n) is 11.9. The van der Waals surface area contributed by atoms with Gasteiger partial charge in [0.2, 0.25) is 5.89 Å². The van der Waals surface area contributed by atoms with Gasteiger partial charge in [-0.05, 0) is 29.9 Å². The van der Waals surface area contributed by atoms with Crippen molar-refractivity contribution in [3.05, 3.63) is 47.1 Å². The second kappa shape index (κ2) is 5.58. The molecule has 1 N–H and O–H groups in total. The lowest BCUT2D eigenvalue weighted by Gasteiger charge is -2.23. The number of nitrogens with one attached hydrogen (secondary N) is 1. The van der Waals surface area contributed by atoms with Gasteiger partial charge in [-0.1, -0.05) is 29.4 Å². The number of aromatic nitrogens is 2. The van der Waals surface area contributed by atoms with E-state index in [0.29, 0.717) is 11.8 Å². The quantitative estimate of drug-likeness (QED) is 0.935. The highest BCUT2D eigenvalue weighted by Crippen LogP contribution is 2.25. The average Bonchev–Trinajstić information content (AvgIpc) is 3.19. The van der Waals surface area contributed by atoms with Crippen LogP contribution in [0.3, 0.4) is 0 Å². The lowest BCUT2D eigenvalue weighted by molar-refractivity contribution is 0.185. The first kappa shape index (κ1) is 13.0. The molecular formula is C16H19N3O2. The molecular weight excluding hydrogens is 266 g/mol. The summed E-state index contributed by atoms with van der Waals surface area (Å²) < 4.78 is 10.9. The highest BCUT2D eigenvalue weighted by molar-refractivity contribution is 5.30. The van der Waals surface area contributed by atoms with Gasteiger partial charge in [0.15, 0.2) is 5.82 Å². The van der Waals surface area contributed by atoms with Crippen LogP contribution in [0.25, 0.3) is 0 Å². The van der Waals surface area contributed by atoms with Crippen LogP contribution in [0.15, 0.2) is 28.8 Å². The molecule has 0 saturated carbocycles. The van der Waals surface area contributed by atoms with Gasteiger partial charge >= 0.3 is 0 Å². The first-order valence-electron chi connectivity index (χ1n) is 7.59. The molecule has 21 heavy (non-hydrogen) atoms. The van der Waals surface area contributed by atoms with Crippen LogP contribution in [-0.2, 0) is 24.1 Å². The second-order valence-electron chi connectivity index (χ2n) is 5.89. The molecule has 2 aliphatic rings. The van der Waals surface area contributed by atoms with Crippen LogP contribution in [0, 0.1) is 5.92 Å². The van der Waals surface area contributed by atoms with Gasteiger partial charge in [-0.25, -0.2) is 0 Å². The number of nitrogens with zero attached hydrogens (tertiary/aromatic N) is 2. The van der Waals surface area contributed by atoms with E-state index in [0.717, 1.165) is 44.8 Å². The molecule has 2 aliphatic heterocycles. The lowest BCUT2D eigenvalue weighted by Crippen LogP contribution is -2.28. The smallest absolute Gasteiger partial charge is 0.244 e. The van der Waals surface area contributed by atoms with Gasteiger partial charge in [0.1, 0.15) is 0 Å². The van der Waals surface area contributed by atoms with Crippen LogP contribution in [0.4, 0.5) is 0 Å². The van der Waals surface area contributed by atoms with E-state index in [9.17, 15) is 0 Å². The predicted octanol–water partition coefficient (Wildman–Crippen LogP) is 2.04. The summed E-state index contributed by atoms with van der Waals surface area (Å²) in [5, 5.41) is 7.61. The third-order valence-corrected chi connectivity index (χ3v) is 4.36. The molecule has 5 nitrogen and oxygen atoms in total. The Morgan fingerprint density at radius 1 is 1.24 bits per heavy atom. The minimum atomic E-state index is 0.126. The Morgan fingerprint density at radius 3 is 3.00 bits per heavy atom. The number of rotatable bonds is 3. The van der Waals surface area contributed by atoms with E-state index >= 15 is 0 Å². The molecule has 2 atom stereocenters. The van der Waals surface area contributed by atoms with Gasteiger partial charge in [0.05, 0.1) is 6.04 Å². The first-order chi connectivity index (χ1) is 10.4. The number of hydrogen-bond donors (Lipinski definition) is 1. The first-order valence-corrected chi connectivity index (χ1v) is 7.59. The van der Waals surface area contributed by atoms with E-state index in [2.05, 4.69) is 39.7 Å². The van der Waals surface area contributed by atoms with Crippen LogP contribution < -0.4 is 5.32 Å². The summed E-state index contributed by atoms with van der Waals surface area (Å²) in [5.74, 6) is 2.05. The van der Waals surface area contributed by atoms with Crippen molar-refractivity contribution in [3.63, 3.8) is 0 Å². The Kier molecular flexibility index (Phi) is 3.45. The molecule has 0 amide bonds.